The molecule has 0 bridgehead atoms. The van der Waals surface area contributed by atoms with Crippen molar-refractivity contribution < 1.29 is 0 Å². The lowest BCUT2D eigenvalue weighted by atomic mass is 10.2. The van der Waals surface area contributed by atoms with Crippen molar-refractivity contribution in [1.29, 1.82) is 0 Å². The molecular weight excluding hydrogens is 270 g/mol. The maximum atomic E-state index is 12.7. The quantitative estimate of drug-likeness (QED) is 0.536. The molecule has 0 atom stereocenters. The Bertz CT molecular complexity index is 842. The topological polar surface area (TPSA) is 47.8 Å². The summed E-state index contributed by atoms with van der Waals surface area (Å²) in [4.78, 5) is 21.5. The highest BCUT2D eigenvalue weighted by molar-refractivity contribution is 7.98. The van der Waals surface area contributed by atoms with E-state index < -0.39 is 0 Å². The third-order valence-electron chi connectivity index (χ3n) is 3.06. The molecule has 20 heavy (non-hydrogen) atoms. The normalized spacial score (nSPS) is 10.9. The predicted octanol–water partition coefficient (Wildman–Crippen LogP) is 2.81. The summed E-state index contributed by atoms with van der Waals surface area (Å²) < 4.78 is 1.57. The number of hydrogen-bond donors (Lipinski definition) is 0. The minimum atomic E-state index is -0.0851. The van der Waals surface area contributed by atoms with Gasteiger partial charge in [-0.3, -0.25) is 4.79 Å². The second-order valence-electron chi connectivity index (χ2n) is 4.45. The van der Waals surface area contributed by atoms with Crippen LogP contribution in [0.4, 0.5) is 0 Å². The first-order chi connectivity index (χ1) is 9.70. The van der Waals surface area contributed by atoms with Crippen molar-refractivity contribution >= 4 is 22.7 Å². The lowest BCUT2D eigenvalue weighted by molar-refractivity contribution is 0.796. The molecule has 1 aromatic carbocycles. The van der Waals surface area contributed by atoms with Crippen molar-refractivity contribution in [3.63, 3.8) is 0 Å². The molecule has 0 spiro atoms. The molecule has 2 heterocycles. The van der Waals surface area contributed by atoms with Crippen molar-refractivity contribution in [3.05, 3.63) is 58.5 Å². The van der Waals surface area contributed by atoms with E-state index in [1.807, 2.05) is 43.5 Å². The first-order valence-electron chi connectivity index (χ1n) is 6.19. The number of thioether (sulfide) groups is 1. The summed E-state index contributed by atoms with van der Waals surface area (Å²) >= 11 is 1.44. The number of aromatic nitrogens is 3. The van der Waals surface area contributed by atoms with Crippen LogP contribution in [0.2, 0.25) is 0 Å². The van der Waals surface area contributed by atoms with Crippen molar-refractivity contribution in [1.82, 2.24) is 14.5 Å². The monoisotopic (exact) mass is 283 g/mol. The van der Waals surface area contributed by atoms with Gasteiger partial charge in [-0.2, -0.15) is 0 Å². The molecule has 0 fully saturated rings. The third-order valence-corrected chi connectivity index (χ3v) is 3.70. The van der Waals surface area contributed by atoms with Crippen LogP contribution >= 0.6 is 11.8 Å². The fourth-order valence-electron chi connectivity index (χ4n) is 2.09. The summed E-state index contributed by atoms with van der Waals surface area (Å²) in [6, 6.07) is 11.2. The van der Waals surface area contributed by atoms with Gasteiger partial charge in [0.1, 0.15) is 5.82 Å². The van der Waals surface area contributed by atoms with Gasteiger partial charge in [0, 0.05) is 6.20 Å². The zero-order valence-corrected chi connectivity index (χ0v) is 12.0. The Labute approximate surface area is 120 Å². The number of rotatable bonds is 2. The van der Waals surface area contributed by atoms with Crippen LogP contribution in [0.5, 0.6) is 0 Å². The summed E-state index contributed by atoms with van der Waals surface area (Å²) in [7, 11) is 0. The zero-order chi connectivity index (χ0) is 14.1. The highest BCUT2D eigenvalue weighted by Crippen LogP contribution is 2.18. The van der Waals surface area contributed by atoms with Crippen LogP contribution in [0.1, 0.15) is 5.56 Å². The number of pyridine rings is 1. The Kier molecular flexibility index (Phi) is 3.28. The second kappa shape index (κ2) is 5.09. The van der Waals surface area contributed by atoms with Gasteiger partial charge in [-0.1, -0.05) is 23.9 Å². The molecule has 2 aromatic heterocycles. The Morgan fingerprint density at radius 2 is 2.00 bits per heavy atom. The van der Waals surface area contributed by atoms with E-state index in [1.54, 1.807) is 16.8 Å². The molecule has 5 heteroatoms. The van der Waals surface area contributed by atoms with Crippen molar-refractivity contribution in [3.8, 4) is 5.82 Å². The smallest absolute Gasteiger partial charge is 0.267 e. The molecule has 0 unspecified atom stereocenters. The molecule has 0 aliphatic carbocycles. The van der Waals surface area contributed by atoms with E-state index in [9.17, 15) is 4.79 Å². The molecule has 4 nitrogen and oxygen atoms in total. The number of fused-ring (bicyclic) bond motifs is 1. The third kappa shape index (κ3) is 2.10. The molecule has 0 saturated heterocycles. The van der Waals surface area contributed by atoms with Gasteiger partial charge in [0.15, 0.2) is 5.16 Å². The average molecular weight is 283 g/mol. The lowest BCUT2D eigenvalue weighted by Gasteiger charge is -2.11. The van der Waals surface area contributed by atoms with Crippen LogP contribution in [-0.2, 0) is 0 Å². The molecule has 3 aromatic rings. The minimum Gasteiger partial charge on any atom is -0.268 e. The molecular formula is C15H13N3OS. The van der Waals surface area contributed by atoms with Crippen LogP contribution < -0.4 is 5.56 Å². The van der Waals surface area contributed by atoms with Crippen molar-refractivity contribution in [2.45, 2.75) is 12.1 Å². The summed E-state index contributed by atoms with van der Waals surface area (Å²) in [6.07, 6.45) is 3.61. The van der Waals surface area contributed by atoms with Gasteiger partial charge in [-0.15, -0.1) is 0 Å². The molecule has 0 radical (unpaired) electrons. The summed E-state index contributed by atoms with van der Waals surface area (Å²) in [6.45, 7) is 1.98. The maximum Gasteiger partial charge on any atom is 0.267 e. The number of aryl methyl sites for hydroxylation is 1. The van der Waals surface area contributed by atoms with E-state index in [2.05, 4.69) is 9.97 Å². The standard InChI is InChI=1S/C15H13N3OS/c1-10-7-8-16-13(9-10)18-14(19)11-5-3-4-6-12(11)17-15(18)20-2/h3-9H,1-2H3. The summed E-state index contributed by atoms with van der Waals surface area (Å²) in [5, 5.41) is 1.25. The van der Waals surface area contributed by atoms with E-state index in [0.29, 0.717) is 21.9 Å². The van der Waals surface area contributed by atoms with Gasteiger partial charge in [-0.05, 0) is 43.0 Å². The highest BCUT2D eigenvalue weighted by Gasteiger charge is 2.12. The molecule has 0 aliphatic heterocycles. The SMILES string of the molecule is CSc1nc2ccccc2c(=O)n1-c1cc(C)ccn1. The largest absolute Gasteiger partial charge is 0.268 e. The van der Waals surface area contributed by atoms with Crippen molar-refractivity contribution in [2.75, 3.05) is 6.26 Å². The van der Waals surface area contributed by atoms with Crippen molar-refractivity contribution in [2.24, 2.45) is 0 Å². The van der Waals surface area contributed by atoms with E-state index in [1.165, 1.54) is 11.8 Å². The van der Waals surface area contributed by atoms with Gasteiger partial charge in [0.05, 0.1) is 10.9 Å². The first kappa shape index (κ1) is 12.9. The molecule has 0 N–H and O–H groups in total. The Morgan fingerprint density at radius 3 is 2.75 bits per heavy atom. The van der Waals surface area contributed by atoms with Gasteiger partial charge >= 0.3 is 0 Å². The lowest BCUT2D eigenvalue weighted by Crippen LogP contribution is -2.22. The van der Waals surface area contributed by atoms with E-state index in [0.717, 1.165) is 5.56 Å². The number of para-hydroxylation sites is 1. The molecule has 0 amide bonds. The minimum absolute atomic E-state index is 0.0851. The van der Waals surface area contributed by atoms with Gasteiger partial charge in [0.2, 0.25) is 0 Å². The van der Waals surface area contributed by atoms with Gasteiger partial charge in [-0.25, -0.2) is 14.5 Å². The Balaban J connectivity index is 2.40. The average Bonchev–Trinajstić information content (AvgIpc) is 2.47. The number of benzene rings is 1. The Morgan fingerprint density at radius 1 is 1.20 bits per heavy atom. The maximum absolute atomic E-state index is 12.7. The summed E-state index contributed by atoms with van der Waals surface area (Å²) in [5.41, 5.74) is 1.69. The van der Waals surface area contributed by atoms with Crippen LogP contribution in [0.15, 0.2) is 52.5 Å². The van der Waals surface area contributed by atoms with Crippen LogP contribution in [0.25, 0.3) is 16.7 Å². The molecule has 3 rings (SSSR count). The first-order valence-corrected chi connectivity index (χ1v) is 7.42. The number of hydrogen-bond acceptors (Lipinski definition) is 4. The zero-order valence-electron chi connectivity index (χ0n) is 11.2. The van der Waals surface area contributed by atoms with Gasteiger partial charge < -0.3 is 0 Å². The van der Waals surface area contributed by atoms with E-state index in [-0.39, 0.29) is 5.56 Å². The fourth-order valence-corrected chi connectivity index (χ4v) is 2.64. The Hall–Kier alpha value is -2.14. The highest BCUT2D eigenvalue weighted by atomic mass is 32.2. The number of nitrogens with zero attached hydrogens (tertiary/aromatic N) is 3. The van der Waals surface area contributed by atoms with E-state index in [4.69, 9.17) is 0 Å². The molecule has 100 valence electrons. The van der Waals surface area contributed by atoms with Crippen LogP contribution in [0, 0.1) is 6.92 Å². The van der Waals surface area contributed by atoms with Gasteiger partial charge in [0.25, 0.3) is 5.56 Å². The molecule has 0 aliphatic rings. The molecule has 0 saturated carbocycles. The second-order valence-corrected chi connectivity index (χ2v) is 5.22. The predicted molar refractivity (Wildman–Crippen MR) is 81.7 cm³/mol. The van der Waals surface area contributed by atoms with Crippen LogP contribution in [-0.4, -0.2) is 20.8 Å². The summed E-state index contributed by atoms with van der Waals surface area (Å²) in [5.74, 6) is 0.609. The van der Waals surface area contributed by atoms with E-state index >= 15 is 0 Å². The fraction of sp³-hybridized carbons (Fsp3) is 0.133. The van der Waals surface area contributed by atoms with Crippen LogP contribution in [0.3, 0.4) is 0 Å².